The summed E-state index contributed by atoms with van der Waals surface area (Å²) in [7, 11) is 1.51. The second kappa shape index (κ2) is 6.10. The van der Waals surface area contributed by atoms with Crippen molar-refractivity contribution in [1.82, 2.24) is 9.97 Å². The summed E-state index contributed by atoms with van der Waals surface area (Å²) >= 11 is 0. The first-order chi connectivity index (χ1) is 9.72. The van der Waals surface area contributed by atoms with Gasteiger partial charge in [-0.05, 0) is 18.2 Å². The van der Waals surface area contributed by atoms with Crippen LogP contribution in [0, 0.1) is 5.39 Å². The summed E-state index contributed by atoms with van der Waals surface area (Å²) in [6.45, 7) is 0. The van der Waals surface area contributed by atoms with Crippen molar-refractivity contribution in [2.75, 3.05) is 17.9 Å². The van der Waals surface area contributed by atoms with E-state index in [9.17, 15) is 4.79 Å². The van der Waals surface area contributed by atoms with E-state index in [0.717, 1.165) is 0 Å². The molecule has 0 radical (unpaired) electrons. The molecule has 0 bridgehead atoms. The Kier molecular flexibility index (Phi) is 4.04. The number of diazo groups is 1. The molecule has 0 fully saturated rings. The molecule has 100 valence electrons. The molecule has 20 heavy (non-hydrogen) atoms. The fraction of sp³-hybridized carbons (Fsp3) is 0.0833. The molecule has 2 aromatic heterocycles. The van der Waals surface area contributed by atoms with E-state index in [1.54, 1.807) is 18.2 Å². The van der Waals surface area contributed by atoms with E-state index in [2.05, 4.69) is 25.8 Å². The van der Waals surface area contributed by atoms with Crippen LogP contribution in [-0.4, -0.2) is 23.0 Å². The van der Waals surface area contributed by atoms with Crippen LogP contribution in [0.2, 0.25) is 0 Å². The minimum atomic E-state index is -0.322. The van der Waals surface area contributed by atoms with Crippen LogP contribution in [0.4, 0.5) is 11.5 Å². The van der Waals surface area contributed by atoms with Crippen molar-refractivity contribution in [3.05, 3.63) is 47.3 Å². The van der Waals surface area contributed by atoms with Crippen molar-refractivity contribution < 1.29 is 9.53 Å². The molecule has 2 heterocycles. The van der Waals surface area contributed by atoms with Crippen LogP contribution in [0.3, 0.4) is 0 Å². The zero-order chi connectivity index (χ0) is 14.4. The van der Waals surface area contributed by atoms with Gasteiger partial charge in [0.2, 0.25) is 11.7 Å². The van der Waals surface area contributed by atoms with Crippen molar-refractivity contribution >= 4 is 17.4 Å². The van der Waals surface area contributed by atoms with Crippen molar-refractivity contribution in [3.8, 4) is 5.88 Å². The van der Waals surface area contributed by atoms with E-state index in [-0.39, 0.29) is 5.91 Å². The van der Waals surface area contributed by atoms with Crippen LogP contribution < -0.4 is 15.5 Å². The van der Waals surface area contributed by atoms with Crippen molar-refractivity contribution in [1.29, 1.82) is 5.39 Å². The molecule has 0 unspecified atom stereocenters. The van der Waals surface area contributed by atoms with Crippen LogP contribution in [-0.2, 0) is 0 Å². The minimum Gasteiger partial charge on any atom is -0.481 e. The number of pyridine rings is 2. The van der Waals surface area contributed by atoms with Gasteiger partial charge in [-0.1, -0.05) is 0 Å². The lowest BCUT2D eigenvalue weighted by Crippen LogP contribution is -2.12. The quantitative estimate of drug-likeness (QED) is 0.650. The molecule has 0 aliphatic carbocycles. The number of carbonyl (C=O) groups is 1. The average Bonchev–Trinajstić information content (AvgIpc) is 2.49. The number of nitrogens with one attached hydrogen (secondary N) is 2. The Morgan fingerprint density at radius 1 is 1.25 bits per heavy atom. The maximum atomic E-state index is 11.9. The van der Waals surface area contributed by atoms with Crippen LogP contribution in [0.5, 0.6) is 5.88 Å². The van der Waals surface area contributed by atoms with E-state index in [4.69, 9.17) is 10.1 Å². The lowest BCUT2D eigenvalue weighted by atomic mass is 10.2. The van der Waals surface area contributed by atoms with Gasteiger partial charge in [0.15, 0.2) is 0 Å². The van der Waals surface area contributed by atoms with Gasteiger partial charge in [-0.3, -0.25) is 4.79 Å². The molecular weight excluding hydrogens is 260 g/mol. The molecule has 2 aromatic rings. The largest absolute Gasteiger partial charge is 0.481 e. The summed E-state index contributed by atoms with van der Waals surface area (Å²) in [6, 6.07) is 6.38. The average molecular weight is 271 g/mol. The zero-order valence-electron chi connectivity index (χ0n) is 10.6. The molecule has 2 rings (SSSR count). The third-order valence-electron chi connectivity index (χ3n) is 2.39. The van der Waals surface area contributed by atoms with Crippen LogP contribution in [0.25, 0.3) is 5.08 Å². The Bertz CT molecular complexity index is 632. The molecule has 0 spiro atoms. The Balaban J connectivity index is 2.05. The van der Waals surface area contributed by atoms with Crippen molar-refractivity contribution in [2.45, 2.75) is 0 Å². The van der Waals surface area contributed by atoms with Crippen molar-refractivity contribution in [3.63, 3.8) is 0 Å². The van der Waals surface area contributed by atoms with E-state index in [0.29, 0.717) is 22.9 Å². The number of hydrogen-bond acceptors (Lipinski definition) is 6. The molecule has 0 saturated heterocycles. The minimum absolute atomic E-state index is 0.322. The molecule has 8 heteroatoms. The highest BCUT2D eigenvalue weighted by molar-refractivity contribution is 6.04. The summed E-state index contributed by atoms with van der Waals surface area (Å²) in [6.07, 6.45) is 2.85. The first kappa shape index (κ1) is 13.2. The fourth-order valence-electron chi connectivity index (χ4n) is 1.42. The van der Waals surface area contributed by atoms with Gasteiger partial charge in [0.25, 0.3) is 11.3 Å². The lowest BCUT2D eigenvalue weighted by Gasteiger charge is -2.05. The van der Waals surface area contributed by atoms with Gasteiger partial charge >= 0.3 is 5.08 Å². The number of anilines is 2. The van der Waals surface area contributed by atoms with Gasteiger partial charge in [-0.2, -0.15) is 0 Å². The van der Waals surface area contributed by atoms with Crippen molar-refractivity contribution in [2.24, 2.45) is 0 Å². The molecular formula is C12H11N6O2+. The summed E-state index contributed by atoms with van der Waals surface area (Å²) in [4.78, 5) is 19.8. The van der Waals surface area contributed by atoms with Gasteiger partial charge in [0.1, 0.15) is 0 Å². The maximum absolute atomic E-state index is 11.9. The molecule has 8 nitrogen and oxygen atoms in total. The summed E-state index contributed by atoms with van der Waals surface area (Å²) in [5, 5.41) is 13.7. The smallest absolute Gasteiger partial charge is 0.309 e. The lowest BCUT2D eigenvalue weighted by molar-refractivity contribution is 0.102. The highest BCUT2D eigenvalue weighted by atomic mass is 16.5. The van der Waals surface area contributed by atoms with Gasteiger partial charge in [0.05, 0.1) is 24.6 Å². The van der Waals surface area contributed by atoms with E-state index in [1.165, 1.54) is 25.6 Å². The van der Waals surface area contributed by atoms with Gasteiger partial charge in [-0.15, -0.1) is 0 Å². The molecule has 0 aliphatic rings. The summed E-state index contributed by atoms with van der Waals surface area (Å²) < 4.78 is 4.92. The first-order valence-electron chi connectivity index (χ1n) is 5.60. The molecule has 0 atom stereocenters. The predicted molar refractivity (Wildman–Crippen MR) is 71.7 cm³/mol. The second-order valence-corrected chi connectivity index (χ2v) is 3.69. The Morgan fingerprint density at radius 3 is 2.65 bits per heavy atom. The third kappa shape index (κ3) is 3.17. The number of aromatic nitrogens is 2. The second-order valence-electron chi connectivity index (χ2n) is 3.69. The number of nitrogens with zero attached hydrogens (tertiary/aromatic N) is 4. The molecule has 1 amide bonds. The number of amides is 1. The highest BCUT2D eigenvalue weighted by Gasteiger charge is 2.08. The number of methoxy groups -OCH3 is 1. The van der Waals surface area contributed by atoms with E-state index < -0.39 is 0 Å². The number of carbonyl (C=O) groups excluding carboxylic acids is 1. The first-order valence-corrected chi connectivity index (χ1v) is 5.60. The van der Waals surface area contributed by atoms with Crippen LogP contribution in [0.1, 0.15) is 10.4 Å². The number of hydrogen-bond donors (Lipinski definition) is 2. The monoisotopic (exact) mass is 271 g/mol. The predicted octanol–water partition coefficient (Wildman–Crippen LogP) is 1.92. The standard InChI is InChI=1S/C12H10N6O2/c1-20-11-5-3-9(7-15-11)16-12(19)8-2-4-10(14-6-8)17-18-13/h2-7H,1H3,(H-,14,16,17,19)/p+1. The Hall–Kier alpha value is -3.21. The molecule has 0 aliphatic heterocycles. The third-order valence-corrected chi connectivity index (χ3v) is 2.39. The van der Waals surface area contributed by atoms with Crippen LogP contribution >= 0.6 is 0 Å². The maximum Gasteiger partial charge on any atom is 0.309 e. The summed E-state index contributed by atoms with van der Waals surface area (Å²) in [5.74, 6) is 0.472. The topological polar surface area (TPSA) is 104 Å². The van der Waals surface area contributed by atoms with E-state index >= 15 is 0 Å². The van der Waals surface area contributed by atoms with Crippen LogP contribution in [0.15, 0.2) is 36.7 Å². The number of ether oxygens (including phenoxy) is 1. The summed E-state index contributed by atoms with van der Waals surface area (Å²) in [5.41, 5.74) is 3.16. The van der Waals surface area contributed by atoms with Gasteiger partial charge < -0.3 is 10.1 Å². The van der Waals surface area contributed by atoms with E-state index in [1.807, 2.05) is 0 Å². The number of rotatable bonds is 4. The zero-order valence-corrected chi connectivity index (χ0v) is 10.6. The molecule has 0 aromatic carbocycles. The SMILES string of the molecule is COc1ccc(NC(=O)c2ccc(N[N+]#N)nc2)cn1. The Morgan fingerprint density at radius 2 is 2.10 bits per heavy atom. The normalized spacial score (nSPS) is 9.40. The molecule has 0 saturated carbocycles. The molecule has 2 N–H and O–H groups in total. The Labute approximate surface area is 114 Å². The fourth-order valence-corrected chi connectivity index (χ4v) is 1.42. The van der Waals surface area contributed by atoms with Gasteiger partial charge in [-0.25, -0.2) is 9.97 Å². The highest BCUT2D eigenvalue weighted by Crippen LogP contribution is 2.13. The van der Waals surface area contributed by atoms with Gasteiger partial charge in [0, 0.05) is 17.7 Å².